The summed E-state index contributed by atoms with van der Waals surface area (Å²) in [7, 11) is 0. The largest absolute Gasteiger partial charge is 0.459 e. The minimum Gasteiger partial charge on any atom is -0.459 e. The van der Waals surface area contributed by atoms with E-state index in [0.717, 1.165) is 6.61 Å². The summed E-state index contributed by atoms with van der Waals surface area (Å²) in [6.07, 6.45) is 2.14. The van der Waals surface area contributed by atoms with Crippen LogP contribution in [0.2, 0.25) is 0 Å². The van der Waals surface area contributed by atoms with Crippen molar-refractivity contribution in [2.24, 2.45) is 17.1 Å². The second-order valence-corrected chi connectivity index (χ2v) is 6.49. The van der Waals surface area contributed by atoms with Crippen LogP contribution < -0.4 is 5.73 Å². The maximum absolute atomic E-state index is 11.5. The van der Waals surface area contributed by atoms with E-state index in [9.17, 15) is 4.79 Å². The van der Waals surface area contributed by atoms with Gasteiger partial charge in [-0.2, -0.15) is 0 Å². The van der Waals surface area contributed by atoms with Crippen molar-refractivity contribution in [2.45, 2.75) is 65.7 Å². The Kier molecular flexibility index (Phi) is 5.17. The second-order valence-electron chi connectivity index (χ2n) is 6.49. The molecule has 0 radical (unpaired) electrons. The second kappa shape index (κ2) is 6.02. The van der Waals surface area contributed by atoms with E-state index < -0.39 is 6.04 Å². The molecule has 106 valence electrons. The SMILES string of the molecule is C[C@H](N)C(=O)O[C@@H](C)[C@H](OCC1CC1)C(C)(C)C. The van der Waals surface area contributed by atoms with Crippen LogP contribution in [0, 0.1) is 11.3 Å². The molecule has 0 unspecified atom stereocenters. The van der Waals surface area contributed by atoms with Gasteiger partial charge >= 0.3 is 5.97 Å². The Balaban J connectivity index is 2.54. The molecule has 4 heteroatoms. The lowest BCUT2D eigenvalue weighted by Gasteiger charge is -2.35. The highest BCUT2D eigenvalue weighted by Crippen LogP contribution is 2.33. The smallest absolute Gasteiger partial charge is 0.322 e. The van der Waals surface area contributed by atoms with Crippen molar-refractivity contribution in [1.29, 1.82) is 0 Å². The lowest BCUT2D eigenvalue weighted by molar-refractivity contribution is -0.164. The van der Waals surface area contributed by atoms with E-state index in [1.54, 1.807) is 6.92 Å². The standard InChI is InChI=1S/C14H27NO3/c1-9(15)13(16)18-10(2)12(14(3,4)5)17-8-11-6-7-11/h9-12H,6-8,15H2,1-5H3/t9-,10-,12-/m0/s1. The van der Waals surface area contributed by atoms with Crippen molar-refractivity contribution < 1.29 is 14.3 Å². The molecular formula is C14H27NO3. The summed E-state index contributed by atoms with van der Waals surface area (Å²) in [6.45, 7) is 10.6. The van der Waals surface area contributed by atoms with E-state index in [2.05, 4.69) is 20.8 Å². The molecule has 0 aromatic rings. The molecule has 1 rings (SSSR count). The lowest BCUT2D eigenvalue weighted by Crippen LogP contribution is -2.43. The summed E-state index contributed by atoms with van der Waals surface area (Å²) in [5, 5.41) is 0. The molecule has 18 heavy (non-hydrogen) atoms. The zero-order chi connectivity index (χ0) is 13.9. The molecule has 0 saturated heterocycles. The van der Waals surface area contributed by atoms with E-state index in [0.29, 0.717) is 5.92 Å². The van der Waals surface area contributed by atoms with Gasteiger partial charge in [0.25, 0.3) is 0 Å². The first kappa shape index (κ1) is 15.4. The van der Waals surface area contributed by atoms with E-state index >= 15 is 0 Å². The van der Waals surface area contributed by atoms with Crippen LogP contribution in [0.25, 0.3) is 0 Å². The van der Waals surface area contributed by atoms with Crippen molar-refractivity contribution in [3.05, 3.63) is 0 Å². The van der Waals surface area contributed by atoms with E-state index in [1.165, 1.54) is 12.8 Å². The Labute approximate surface area is 110 Å². The minimum atomic E-state index is -0.587. The zero-order valence-corrected chi connectivity index (χ0v) is 12.2. The highest BCUT2D eigenvalue weighted by Gasteiger charge is 2.35. The fourth-order valence-electron chi connectivity index (χ4n) is 1.97. The first-order valence-corrected chi connectivity index (χ1v) is 6.79. The number of esters is 1. The number of ether oxygens (including phenoxy) is 2. The zero-order valence-electron chi connectivity index (χ0n) is 12.2. The van der Waals surface area contributed by atoms with Crippen LogP contribution in [-0.2, 0) is 14.3 Å². The molecule has 1 fully saturated rings. The molecule has 1 aliphatic carbocycles. The van der Waals surface area contributed by atoms with Gasteiger partial charge in [0.1, 0.15) is 12.1 Å². The Bertz CT molecular complexity index is 279. The summed E-state index contributed by atoms with van der Waals surface area (Å²) < 4.78 is 11.3. The third-order valence-corrected chi connectivity index (χ3v) is 3.16. The third kappa shape index (κ3) is 4.94. The van der Waals surface area contributed by atoms with E-state index in [4.69, 9.17) is 15.2 Å². The summed E-state index contributed by atoms with van der Waals surface area (Å²) in [4.78, 5) is 11.5. The third-order valence-electron chi connectivity index (χ3n) is 3.16. The van der Waals surface area contributed by atoms with Crippen LogP contribution in [0.15, 0.2) is 0 Å². The number of rotatable bonds is 6. The topological polar surface area (TPSA) is 61.6 Å². The molecule has 0 bridgehead atoms. The molecule has 2 N–H and O–H groups in total. The molecule has 0 spiro atoms. The molecule has 0 aliphatic heterocycles. The molecule has 1 aliphatic rings. The van der Waals surface area contributed by atoms with Gasteiger partial charge in [0.2, 0.25) is 0 Å². The van der Waals surface area contributed by atoms with Crippen LogP contribution >= 0.6 is 0 Å². The van der Waals surface area contributed by atoms with Gasteiger partial charge < -0.3 is 15.2 Å². The minimum absolute atomic E-state index is 0.0631. The number of nitrogens with two attached hydrogens (primary N) is 1. The van der Waals surface area contributed by atoms with Gasteiger partial charge in [0.15, 0.2) is 0 Å². The molecular weight excluding hydrogens is 230 g/mol. The maximum Gasteiger partial charge on any atom is 0.322 e. The van der Waals surface area contributed by atoms with Gasteiger partial charge in [0, 0.05) is 6.61 Å². The number of carbonyl (C=O) groups excluding carboxylic acids is 1. The lowest BCUT2D eigenvalue weighted by atomic mass is 9.86. The van der Waals surface area contributed by atoms with Crippen LogP contribution in [0.4, 0.5) is 0 Å². The van der Waals surface area contributed by atoms with Crippen LogP contribution in [0.3, 0.4) is 0 Å². The molecule has 3 atom stereocenters. The summed E-state index contributed by atoms with van der Waals surface area (Å²) >= 11 is 0. The molecule has 0 amide bonds. The molecule has 0 aromatic heterocycles. The Morgan fingerprint density at radius 2 is 1.89 bits per heavy atom. The van der Waals surface area contributed by atoms with Crippen molar-refractivity contribution >= 4 is 5.97 Å². The summed E-state index contributed by atoms with van der Waals surface area (Å²) in [6, 6.07) is -0.587. The van der Waals surface area contributed by atoms with Gasteiger partial charge in [-0.15, -0.1) is 0 Å². The fourth-order valence-corrected chi connectivity index (χ4v) is 1.97. The van der Waals surface area contributed by atoms with Gasteiger partial charge in [-0.25, -0.2) is 0 Å². The number of hydrogen-bond acceptors (Lipinski definition) is 4. The Morgan fingerprint density at radius 3 is 2.28 bits per heavy atom. The van der Waals surface area contributed by atoms with E-state index in [1.807, 2.05) is 6.92 Å². The van der Waals surface area contributed by atoms with Crippen molar-refractivity contribution in [1.82, 2.24) is 0 Å². The van der Waals surface area contributed by atoms with E-state index in [-0.39, 0.29) is 23.6 Å². The highest BCUT2D eigenvalue weighted by atomic mass is 16.6. The Hall–Kier alpha value is -0.610. The molecule has 1 saturated carbocycles. The van der Waals surface area contributed by atoms with Crippen molar-refractivity contribution in [3.8, 4) is 0 Å². The average molecular weight is 257 g/mol. The molecule has 0 aromatic carbocycles. The highest BCUT2D eigenvalue weighted by molar-refractivity contribution is 5.75. The molecule has 4 nitrogen and oxygen atoms in total. The van der Waals surface area contributed by atoms with Crippen molar-refractivity contribution in [3.63, 3.8) is 0 Å². The summed E-state index contributed by atoms with van der Waals surface area (Å²) in [5.41, 5.74) is 5.45. The fraction of sp³-hybridized carbons (Fsp3) is 0.929. The normalized spacial score (nSPS) is 21.2. The van der Waals surface area contributed by atoms with Crippen LogP contribution in [0.5, 0.6) is 0 Å². The monoisotopic (exact) mass is 257 g/mol. The maximum atomic E-state index is 11.5. The average Bonchev–Trinajstić information content (AvgIpc) is 2.99. The quantitative estimate of drug-likeness (QED) is 0.740. The van der Waals surface area contributed by atoms with Gasteiger partial charge in [-0.05, 0) is 38.0 Å². The predicted molar refractivity (Wildman–Crippen MR) is 71.1 cm³/mol. The van der Waals surface area contributed by atoms with Gasteiger partial charge in [-0.3, -0.25) is 4.79 Å². The van der Waals surface area contributed by atoms with Gasteiger partial charge in [-0.1, -0.05) is 20.8 Å². The van der Waals surface area contributed by atoms with Crippen LogP contribution in [-0.4, -0.2) is 30.8 Å². The number of carbonyl (C=O) groups is 1. The first-order valence-electron chi connectivity index (χ1n) is 6.79. The number of hydrogen-bond donors (Lipinski definition) is 1. The van der Waals surface area contributed by atoms with Gasteiger partial charge in [0.05, 0.1) is 6.10 Å². The first-order chi connectivity index (χ1) is 8.21. The summed E-state index contributed by atoms with van der Waals surface area (Å²) in [5.74, 6) is 0.331. The predicted octanol–water partition coefficient (Wildman–Crippen LogP) is 2.11. The molecule has 0 heterocycles. The van der Waals surface area contributed by atoms with Crippen LogP contribution in [0.1, 0.15) is 47.5 Å². The van der Waals surface area contributed by atoms with Crippen molar-refractivity contribution in [2.75, 3.05) is 6.61 Å². The Morgan fingerprint density at radius 1 is 1.33 bits per heavy atom.